The maximum Gasteiger partial charge on any atom is 0.460 e. The predicted octanol–water partition coefficient (Wildman–Crippen LogP) is 4.48. The van der Waals surface area contributed by atoms with E-state index in [2.05, 4.69) is 5.32 Å². The summed E-state index contributed by atoms with van der Waals surface area (Å²) in [4.78, 5) is 12.3. The van der Waals surface area contributed by atoms with Crippen molar-refractivity contribution >= 4 is 6.09 Å². The molecule has 0 aliphatic carbocycles. The zero-order chi connectivity index (χ0) is 22.4. The van der Waals surface area contributed by atoms with Crippen LogP contribution in [0, 0.1) is 0 Å². The lowest BCUT2D eigenvalue weighted by Crippen LogP contribution is -2.45. The first kappa shape index (κ1) is 22.7. The number of benzene rings is 2. The van der Waals surface area contributed by atoms with E-state index < -0.39 is 24.7 Å². The van der Waals surface area contributed by atoms with E-state index >= 15 is 0 Å². The second-order valence-electron chi connectivity index (χ2n) is 7.20. The number of carbonyl (C=O) groups excluding carboxylic acids is 1. The molecule has 0 aromatic heterocycles. The summed E-state index contributed by atoms with van der Waals surface area (Å²) in [5.41, 5.74) is 1.57. The van der Waals surface area contributed by atoms with Crippen molar-refractivity contribution in [1.82, 2.24) is 10.2 Å². The fraction of sp³-hybridized carbons (Fsp3) is 0.409. The van der Waals surface area contributed by atoms with Gasteiger partial charge in [0.2, 0.25) is 0 Å². The smallest absolute Gasteiger partial charge is 0.449 e. The first-order valence-corrected chi connectivity index (χ1v) is 10.0. The molecule has 1 aliphatic rings. The Morgan fingerprint density at radius 3 is 2.52 bits per heavy atom. The van der Waals surface area contributed by atoms with E-state index in [9.17, 15) is 18.0 Å². The molecule has 0 fully saturated rings. The third kappa shape index (κ3) is 6.27. The number of amides is 1. The van der Waals surface area contributed by atoms with Gasteiger partial charge in [-0.1, -0.05) is 43.3 Å². The average molecular weight is 438 g/mol. The standard InChI is InChI=1S/C22H25F3N2O4/c1-3-27(22(23,24)25)15(2)11-17-9-10-18-19(12-17)31-20(30-18)13-26-21(28)29-14-16-7-5-4-6-8-16/h4-10,12,15,20H,3,11,13-14H2,1-2H3,(H,26,28). The van der Waals surface area contributed by atoms with Gasteiger partial charge >= 0.3 is 12.4 Å². The Labute approximate surface area is 178 Å². The fourth-order valence-corrected chi connectivity index (χ4v) is 3.39. The lowest BCUT2D eigenvalue weighted by molar-refractivity contribution is -0.255. The topological polar surface area (TPSA) is 60.0 Å². The number of nitrogens with zero attached hydrogens (tertiary/aromatic N) is 1. The van der Waals surface area contributed by atoms with E-state index in [1.165, 1.54) is 13.8 Å². The molecule has 2 atom stereocenters. The lowest BCUT2D eigenvalue weighted by atomic mass is 10.1. The van der Waals surface area contributed by atoms with Gasteiger partial charge in [-0.2, -0.15) is 13.2 Å². The Morgan fingerprint density at radius 2 is 1.84 bits per heavy atom. The third-order valence-corrected chi connectivity index (χ3v) is 4.88. The number of fused-ring (bicyclic) bond motifs is 1. The van der Waals surface area contributed by atoms with Gasteiger partial charge in [0.15, 0.2) is 11.5 Å². The summed E-state index contributed by atoms with van der Waals surface area (Å²) < 4.78 is 55.7. The van der Waals surface area contributed by atoms with Crippen LogP contribution in [-0.2, 0) is 17.8 Å². The number of hydrogen-bond donors (Lipinski definition) is 1. The fourth-order valence-electron chi connectivity index (χ4n) is 3.39. The number of nitrogens with one attached hydrogen (secondary N) is 1. The molecule has 3 rings (SSSR count). The van der Waals surface area contributed by atoms with Gasteiger partial charge in [-0.05, 0) is 36.6 Å². The molecule has 1 aliphatic heterocycles. The minimum absolute atomic E-state index is 0.0612. The molecular formula is C22H25F3N2O4. The lowest BCUT2D eigenvalue weighted by Gasteiger charge is -2.29. The molecule has 2 aromatic carbocycles. The van der Waals surface area contributed by atoms with Crippen molar-refractivity contribution in [3.63, 3.8) is 0 Å². The molecule has 0 radical (unpaired) electrons. The molecule has 0 spiro atoms. The predicted molar refractivity (Wildman–Crippen MR) is 108 cm³/mol. The van der Waals surface area contributed by atoms with Crippen molar-refractivity contribution in [2.75, 3.05) is 13.1 Å². The van der Waals surface area contributed by atoms with Crippen molar-refractivity contribution in [2.24, 2.45) is 0 Å². The summed E-state index contributed by atoms with van der Waals surface area (Å²) in [6, 6.07) is 13.6. The van der Waals surface area contributed by atoms with Crippen molar-refractivity contribution in [3.8, 4) is 11.5 Å². The van der Waals surface area contributed by atoms with Crippen molar-refractivity contribution in [2.45, 2.75) is 45.5 Å². The van der Waals surface area contributed by atoms with E-state index in [-0.39, 0.29) is 26.1 Å². The number of likely N-dealkylation sites (N-methyl/N-ethyl adjacent to an activating group) is 1. The van der Waals surface area contributed by atoms with E-state index in [0.29, 0.717) is 22.0 Å². The first-order chi connectivity index (χ1) is 14.8. The minimum Gasteiger partial charge on any atom is -0.449 e. The molecule has 0 bridgehead atoms. The van der Waals surface area contributed by atoms with Crippen LogP contribution in [0.4, 0.5) is 18.0 Å². The van der Waals surface area contributed by atoms with Gasteiger partial charge in [-0.25, -0.2) is 9.69 Å². The Kier molecular flexibility index (Phi) is 7.27. The number of carbonyl (C=O) groups is 1. The SMILES string of the molecule is CCN(C(C)Cc1ccc2c(c1)OC(CNC(=O)OCc1ccccc1)O2)C(F)(F)F. The van der Waals surface area contributed by atoms with Crippen LogP contribution in [0.25, 0.3) is 0 Å². The molecule has 31 heavy (non-hydrogen) atoms. The molecule has 9 heteroatoms. The van der Waals surface area contributed by atoms with Gasteiger partial charge in [-0.15, -0.1) is 0 Å². The van der Waals surface area contributed by atoms with Gasteiger partial charge < -0.3 is 19.5 Å². The highest BCUT2D eigenvalue weighted by Crippen LogP contribution is 2.36. The molecule has 1 N–H and O–H groups in total. The van der Waals surface area contributed by atoms with Gasteiger partial charge in [0.1, 0.15) is 6.61 Å². The average Bonchev–Trinajstić information content (AvgIpc) is 3.13. The van der Waals surface area contributed by atoms with Gasteiger partial charge in [0.25, 0.3) is 6.29 Å². The molecule has 6 nitrogen and oxygen atoms in total. The van der Waals surface area contributed by atoms with Crippen LogP contribution in [-0.4, -0.2) is 42.7 Å². The monoisotopic (exact) mass is 438 g/mol. The van der Waals surface area contributed by atoms with Gasteiger partial charge in [-0.3, -0.25) is 0 Å². The summed E-state index contributed by atoms with van der Waals surface area (Å²) in [5, 5.41) is 2.57. The Morgan fingerprint density at radius 1 is 1.13 bits per heavy atom. The molecule has 1 heterocycles. The number of alkyl halides is 3. The molecule has 0 saturated carbocycles. The zero-order valence-corrected chi connectivity index (χ0v) is 17.3. The van der Waals surface area contributed by atoms with Crippen LogP contribution >= 0.6 is 0 Å². The molecule has 2 unspecified atom stereocenters. The third-order valence-electron chi connectivity index (χ3n) is 4.88. The highest BCUT2D eigenvalue weighted by molar-refractivity contribution is 5.67. The highest BCUT2D eigenvalue weighted by Gasteiger charge is 2.39. The number of alkyl carbamates (subject to hydrolysis) is 1. The van der Waals surface area contributed by atoms with Crippen LogP contribution in [0.1, 0.15) is 25.0 Å². The second kappa shape index (κ2) is 9.91. The number of halogens is 3. The second-order valence-corrected chi connectivity index (χ2v) is 7.20. The normalized spacial score (nSPS) is 16.3. The minimum atomic E-state index is -4.38. The molecule has 168 valence electrons. The van der Waals surface area contributed by atoms with Crippen molar-refractivity contribution in [3.05, 3.63) is 59.7 Å². The summed E-state index contributed by atoms with van der Waals surface area (Å²) >= 11 is 0. The maximum absolute atomic E-state index is 13.1. The quantitative estimate of drug-likeness (QED) is 0.616. The van der Waals surface area contributed by atoms with Crippen molar-refractivity contribution in [1.29, 1.82) is 0 Å². The summed E-state index contributed by atoms with van der Waals surface area (Å²) in [6.07, 6.45) is -5.52. The molecule has 0 saturated heterocycles. The maximum atomic E-state index is 13.1. The number of ether oxygens (including phenoxy) is 3. The summed E-state index contributed by atoms with van der Waals surface area (Å²) in [5.74, 6) is 0.910. The summed E-state index contributed by atoms with van der Waals surface area (Å²) in [6.45, 7) is 3.10. The molecule has 2 aromatic rings. The van der Waals surface area contributed by atoms with Crippen LogP contribution in [0.15, 0.2) is 48.5 Å². The number of rotatable bonds is 8. The Hall–Kier alpha value is -2.94. The van der Waals surface area contributed by atoms with E-state index in [1.54, 1.807) is 18.2 Å². The van der Waals surface area contributed by atoms with Crippen LogP contribution in [0.3, 0.4) is 0 Å². The van der Waals surface area contributed by atoms with E-state index in [1.807, 2.05) is 30.3 Å². The summed E-state index contributed by atoms with van der Waals surface area (Å²) in [7, 11) is 0. The molecule has 1 amide bonds. The van der Waals surface area contributed by atoms with Crippen LogP contribution in [0.2, 0.25) is 0 Å². The van der Waals surface area contributed by atoms with Gasteiger partial charge in [0, 0.05) is 12.6 Å². The highest BCUT2D eigenvalue weighted by atomic mass is 19.4. The Bertz CT molecular complexity index is 877. The van der Waals surface area contributed by atoms with Crippen LogP contribution in [0.5, 0.6) is 11.5 Å². The first-order valence-electron chi connectivity index (χ1n) is 10.0. The van der Waals surface area contributed by atoms with Gasteiger partial charge in [0.05, 0.1) is 6.54 Å². The largest absolute Gasteiger partial charge is 0.460 e. The Balaban J connectivity index is 1.48. The number of hydrogen-bond acceptors (Lipinski definition) is 5. The van der Waals surface area contributed by atoms with E-state index in [0.717, 1.165) is 5.56 Å². The molecular weight excluding hydrogens is 413 g/mol. The zero-order valence-electron chi connectivity index (χ0n) is 17.3. The van der Waals surface area contributed by atoms with Crippen molar-refractivity contribution < 1.29 is 32.2 Å². The van der Waals surface area contributed by atoms with E-state index in [4.69, 9.17) is 14.2 Å². The van der Waals surface area contributed by atoms with Crippen LogP contribution < -0.4 is 14.8 Å².